The number of rotatable bonds is 3. The van der Waals surface area contributed by atoms with Gasteiger partial charge in [0.1, 0.15) is 6.10 Å². The third kappa shape index (κ3) is 2.73. The molecule has 0 bridgehead atoms. The number of hydrogen-bond donors (Lipinski definition) is 1. The van der Waals surface area contributed by atoms with Crippen LogP contribution in [0.4, 0.5) is 5.82 Å². The number of anilines is 1. The Balaban J connectivity index is 1.34. The van der Waals surface area contributed by atoms with E-state index in [9.17, 15) is 4.79 Å². The molecule has 0 aromatic carbocycles. The van der Waals surface area contributed by atoms with Gasteiger partial charge in [0, 0.05) is 25.0 Å². The molecule has 118 valence electrons. The monoisotopic (exact) mass is 302 g/mol. The summed E-state index contributed by atoms with van der Waals surface area (Å²) in [5.74, 6) is 0.918. The Kier molecular flexibility index (Phi) is 3.80. The van der Waals surface area contributed by atoms with Gasteiger partial charge in [-0.3, -0.25) is 14.7 Å². The van der Waals surface area contributed by atoms with Crippen LogP contribution in [0, 0.1) is 5.92 Å². The van der Waals surface area contributed by atoms with Crippen molar-refractivity contribution in [1.82, 2.24) is 14.9 Å². The minimum atomic E-state index is -0.349. The molecule has 2 aliphatic heterocycles. The topological polar surface area (TPSA) is 67.4 Å². The van der Waals surface area contributed by atoms with E-state index in [0.717, 1.165) is 32.0 Å². The molecule has 1 N–H and O–H groups in total. The van der Waals surface area contributed by atoms with Crippen LogP contribution < -0.4 is 5.32 Å². The van der Waals surface area contributed by atoms with Crippen LogP contribution in [0.3, 0.4) is 0 Å². The number of nitrogens with one attached hydrogen (secondary N) is 1. The summed E-state index contributed by atoms with van der Waals surface area (Å²) in [6.45, 7) is 2.15. The van der Waals surface area contributed by atoms with Crippen molar-refractivity contribution in [3.05, 3.63) is 18.6 Å². The zero-order chi connectivity index (χ0) is 14.9. The first kappa shape index (κ1) is 14.1. The molecule has 22 heavy (non-hydrogen) atoms. The summed E-state index contributed by atoms with van der Waals surface area (Å²) in [5.41, 5.74) is 0. The molecule has 0 radical (unpaired) electrons. The fourth-order valence-electron chi connectivity index (χ4n) is 3.78. The van der Waals surface area contributed by atoms with Gasteiger partial charge in [-0.25, -0.2) is 4.98 Å². The van der Waals surface area contributed by atoms with Gasteiger partial charge in [-0.15, -0.1) is 0 Å². The average molecular weight is 302 g/mol. The third-order valence-electron chi connectivity index (χ3n) is 5.28. The summed E-state index contributed by atoms with van der Waals surface area (Å²) < 4.78 is 6.05. The highest BCUT2D eigenvalue weighted by molar-refractivity contribution is 5.93. The lowest BCUT2D eigenvalue weighted by Crippen LogP contribution is -2.49. The Morgan fingerprint density at radius 3 is 2.95 bits per heavy atom. The fourth-order valence-corrected chi connectivity index (χ4v) is 3.78. The first-order valence-electron chi connectivity index (χ1n) is 8.26. The molecular weight excluding hydrogens is 280 g/mol. The van der Waals surface area contributed by atoms with Gasteiger partial charge in [-0.1, -0.05) is 6.42 Å². The van der Waals surface area contributed by atoms with E-state index in [1.54, 1.807) is 18.6 Å². The van der Waals surface area contributed by atoms with Gasteiger partial charge in [-0.05, 0) is 38.1 Å². The van der Waals surface area contributed by atoms with Crippen molar-refractivity contribution in [2.24, 2.45) is 5.92 Å². The molecule has 1 aliphatic carbocycles. The SMILES string of the molecule is O=C(Nc1cnccn1)[C@@H]1C[C@@H]2CCN(C3CCC3)C[C@H]2O1. The molecule has 3 aliphatic rings. The average Bonchev–Trinajstić information content (AvgIpc) is 2.90. The summed E-state index contributed by atoms with van der Waals surface area (Å²) in [4.78, 5) is 22.9. The molecule has 3 atom stereocenters. The van der Waals surface area contributed by atoms with Crippen molar-refractivity contribution in [1.29, 1.82) is 0 Å². The normalized spacial score (nSPS) is 32.3. The maximum Gasteiger partial charge on any atom is 0.254 e. The molecule has 3 heterocycles. The molecular formula is C16H22N4O2. The highest BCUT2D eigenvalue weighted by atomic mass is 16.5. The first-order valence-corrected chi connectivity index (χ1v) is 8.26. The van der Waals surface area contributed by atoms with Crippen LogP contribution in [-0.4, -0.2) is 52.1 Å². The zero-order valence-electron chi connectivity index (χ0n) is 12.6. The van der Waals surface area contributed by atoms with Gasteiger partial charge in [0.2, 0.25) is 0 Å². The molecule has 0 spiro atoms. The molecule has 2 saturated heterocycles. The minimum absolute atomic E-state index is 0.0925. The van der Waals surface area contributed by atoms with Crippen LogP contribution in [0.5, 0.6) is 0 Å². The van der Waals surface area contributed by atoms with E-state index in [-0.39, 0.29) is 18.1 Å². The zero-order valence-corrected chi connectivity index (χ0v) is 12.6. The van der Waals surface area contributed by atoms with Crippen molar-refractivity contribution in [2.45, 2.75) is 50.4 Å². The predicted molar refractivity (Wildman–Crippen MR) is 81.3 cm³/mol. The maximum absolute atomic E-state index is 12.3. The van der Waals surface area contributed by atoms with Crippen LogP contribution in [0.25, 0.3) is 0 Å². The molecule has 1 amide bonds. The van der Waals surface area contributed by atoms with Crippen LogP contribution in [0.1, 0.15) is 32.1 Å². The Labute approximate surface area is 130 Å². The molecule has 1 aromatic heterocycles. The van der Waals surface area contributed by atoms with E-state index in [1.165, 1.54) is 19.3 Å². The number of carbonyl (C=O) groups excluding carboxylic acids is 1. The summed E-state index contributed by atoms with van der Waals surface area (Å²) in [6.07, 6.45) is 10.6. The Hall–Kier alpha value is -1.53. The summed E-state index contributed by atoms with van der Waals surface area (Å²) in [7, 11) is 0. The van der Waals surface area contributed by atoms with Gasteiger partial charge in [0.25, 0.3) is 5.91 Å². The van der Waals surface area contributed by atoms with Crippen molar-refractivity contribution < 1.29 is 9.53 Å². The molecule has 1 aromatic rings. The lowest BCUT2D eigenvalue weighted by Gasteiger charge is -2.43. The highest BCUT2D eigenvalue weighted by Crippen LogP contribution is 2.36. The van der Waals surface area contributed by atoms with Crippen LogP contribution in [0.2, 0.25) is 0 Å². The predicted octanol–water partition coefficient (Wildman–Crippen LogP) is 1.45. The fraction of sp³-hybridized carbons (Fsp3) is 0.688. The number of nitrogens with zero attached hydrogens (tertiary/aromatic N) is 3. The van der Waals surface area contributed by atoms with Gasteiger partial charge in [-0.2, -0.15) is 0 Å². The molecule has 4 rings (SSSR count). The Bertz CT molecular complexity index is 534. The van der Waals surface area contributed by atoms with E-state index in [0.29, 0.717) is 11.7 Å². The van der Waals surface area contributed by atoms with Crippen LogP contribution in [-0.2, 0) is 9.53 Å². The minimum Gasteiger partial charge on any atom is -0.364 e. The summed E-state index contributed by atoms with van der Waals surface area (Å²) in [6, 6.07) is 0.761. The lowest BCUT2D eigenvalue weighted by atomic mass is 9.86. The Morgan fingerprint density at radius 2 is 2.23 bits per heavy atom. The summed E-state index contributed by atoms with van der Waals surface area (Å²) in [5, 5.41) is 2.80. The van der Waals surface area contributed by atoms with Gasteiger partial charge in [0.05, 0.1) is 12.3 Å². The summed E-state index contributed by atoms with van der Waals surface area (Å²) >= 11 is 0. The van der Waals surface area contributed by atoms with Crippen LogP contribution in [0.15, 0.2) is 18.6 Å². The third-order valence-corrected chi connectivity index (χ3v) is 5.28. The maximum atomic E-state index is 12.3. The molecule has 6 nitrogen and oxygen atoms in total. The smallest absolute Gasteiger partial charge is 0.254 e. The van der Waals surface area contributed by atoms with Crippen molar-refractivity contribution in [2.75, 3.05) is 18.4 Å². The number of likely N-dealkylation sites (tertiary alicyclic amines) is 1. The quantitative estimate of drug-likeness (QED) is 0.915. The van der Waals surface area contributed by atoms with Gasteiger partial charge < -0.3 is 10.1 Å². The Morgan fingerprint density at radius 1 is 1.32 bits per heavy atom. The van der Waals surface area contributed by atoms with Crippen LogP contribution >= 0.6 is 0 Å². The molecule has 6 heteroatoms. The molecule has 0 unspecified atom stereocenters. The number of carbonyl (C=O) groups is 1. The van der Waals surface area contributed by atoms with E-state index in [4.69, 9.17) is 4.74 Å². The van der Waals surface area contributed by atoms with Gasteiger partial charge >= 0.3 is 0 Å². The molecule has 3 fully saturated rings. The number of aromatic nitrogens is 2. The second kappa shape index (κ2) is 5.93. The van der Waals surface area contributed by atoms with E-state index < -0.39 is 0 Å². The van der Waals surface area contributed by atoms with Crippen molar-refractivity contribution in [3.8, 4) is 0 Å². The largest absolute Gasteiger partial charge is 0.364 e. The molecule has 1 saturated carbocycles. The number of amides is 1. The number of piperidine rings is 1. The highest BCUT2D eigenvalue weighted by Gasteiger charge is 2.43. The second-order valence-electron chi connectivity index (χ2n) is 6.61. The van der Waals surface area contributed by atoms with Gasteiger partial charge in [0.15, 0.2) is 5.82 Å². The first-order chi connectivity index (χ1) is 10.8. The van der Waals surface area contributed by atoms with Crippen molar-refractivity contribution in [3.63, 3.8) is 0 Å². The standard InChI is InChI=1S/C16H22N4O2/c21-16(19-15-9-17-5-6-18-15)13-8-11-4-7-20(10-14(11)22-13)12-2-1-3-12/h5-6,9,11-14H,1-4,7-8,10H2,(H,18,19,21)/t11-,13-,14+/m0/s1. The van der Waals surface area contributed by atoms with E-state index in [2.05, 4.69) is 20.2 Å². The van der Waals surface area contributed by atoms with E-state index >= 15 is 0 Å². The van der Waals surface area contributed by atoms with Crippen molar-refractivity contribution >= 4 is 11.7 Å². The van der Waals surface area contributed by atoms with E-state index in [1.807, 2.05) is 0 Å². The number of hydrogen-bond acceptors (Lipinski definition) is 5. The number of ether oxygens (including phenoxy) is 1. The second-order valence-corrected chi connectivity index (χ2v) is 6.61. The number of fused-ring (bicyclic) bond motifs is 1. The lowest BCUT2D eigenvalue weighted by molar-refractivity contribution is -0.127.